The van der Waals surface area contributed by atoms with Gasteiger partial charge >= 0.3 is 5.97 Å². The normalized spacial score (nSPS) is 10.5. The van der Waals surface area contributed by atoms with Crippen molar-refractivity contribution in [1.29, 1.82) is 0 Å². The van der Waals surface area contributed by atoms with E-state index in [0.717, 1.165) is 27.4 Å². The minimum Gasteiger partial charge on any atom is -0.496 e. The zero-order valence-electron chi connectivity index (χ0n) is 11.3. The summed E-state index contributed by atoms with van der Waals surface area (Å²) >= 11 is 1.40. The van der Waals surface area contributed by atoms with Crippen LogP contribution < -0.4 is 4.74 Å². The van der Waals surface area contributed by atoms with Crippen molar-refractivity contribution in [2.24, 2.45) is 0 Å². The van der Waals surface area contributed by atoms with Crippen molar-refractivity contribution in [1.82, 2.24) is 4.98 Å². The van der Waals surface area contributed by atoms with Crippen LogP contribution in [-0.2, 0) is 0 Å². The zero-order valence-corrected chi connectivity index (χ0v) is 12.1. The molecule has 100 valence electrons. The Morgan fingerprint density at radius 3 is 2.53 bits per heavy atom. The highest BCUT2D eigenvalue weighted by Gasteiger charge is 2.19. The molecule has 5 heteroatoms. The average Bonchev–Trinajstić information content (AvgIpc) is 2.73. The van der Waals surface area contributed by atoms with Crippen LogP contribution in [0.1, 0.15) is 26.6 Å². The number of aromatic nitrogens is 1. The molecule has 2 rings (SSSR count). The first-order valence-corrected chi connectivity index (χ1v) is 6.62. The molecule has 2 aromatic rings. The van der Waals surface area contributed by atoms with Crippen molar-refractivity contribution in [2.75, 3.05) is 7.11 Å². The third-order valence-electron chi connectivity index (χ3n) is 2.92. The number of carboxylic acid groups (broad SMARTS) is 1. The Bertz CT molecular complexity index is 646. The summed E-state index contributed by atoms with van der Waals surface area (Å²) in [5.41, 5.74) is 2.98. The molecule has 0 saturated heterocycles. The molecule has 0 radical (unpaired) electrons. The van der Waals surface area contributed by atoms with Gasteiger partial charge in [-0.2, -0.15) is 0 Å². The fraction of sp³-hybridized carbons (Fsp3) is 0.286. The van der Waals surface area contributed by atoms with Gasteiger partial charge in [-0.25, -0.2) is 9.78 Å². The first-order chi connectivity index (χ1) is 8.93. The second kappa shape index (κ2) is 5.01. The number of hydrogen-bond acceptors (Lipinski definition) is 4. The molecule has 1 heterocycles. The lowest BCUT2D eigenvalue weighted by Gasteiger charge is -2.10. The molecule has 0 spiro atoms. The van der Waals surface area contributed by atoms with Gasteiger partial charge in [-0.3, -0.25) is 0 Å². The Morgan fingerprint density at radius 2 is 1.95 bits per heavy atom. The van der Waals surface area contributed by atoms with Crippen LogP contribution in [-0.4, -0.2) is 23.2 Å². The molecule has 0 amide bonds. The van der Waals surface area contributed by atoms with Gasteiger partial charge in [0.05, 0.1) is 17.0 Å². The lowest BCUT2D eigenvalue weighted by atomic mass is 10.0. The van der Waals surface area contributed by atoms with Gasteiger partial charge < -0.3 is 9.84 Å². The van der Waals surface area contributed by atoms with E-state index < -0.39 is 5.97 Å². The van der Waals surface area contributed by atoms with Crippen LogP contribution >= 0.6 is 11.3 Å². The number of aryl methyl sites for hydroxylation is 3. The summed E-state index contributed by atoms with van der Waals surface area (Å²) < 4.78 is 5.27. The molecule has 0 saturated carbocycles. The lowest BCUT2D eigenvalue weighted by molar-refractivity contribution is 0.0692. The maximum absolute atomic E-state index is 11.2. The molecule has 0 fully saturated rings. The number of aromatic carboxylic acids is 1. The Morgan fingerprint density at radius 1 is 1.26 bits per heavy atom. The van der Waals surface area contributed by atoms with E-state index in [1.54, 1.807) is 7.11 Å². The quantitative estimate of drug-likeness (QED) is 0.933. The van der Waals surface area contributed by atoms with Gasteiger partial charge in [0.1, 0.15) is 5.75 Å². The van der Waals surface area contributed by atoms with Gasteiger partial charge in [0.25, 0.3) is 0 Å². The number of carbonyl (C=O) groups is 1. The number of carboxylic acids is 1. The molecular formula is C14H15NO3S. The van der Waals surface area contributed by atoms with Crippen LogP contribution in [0.5, 0.6) is 5.75 Å². The average molecular weight is 277 g/mol. The van der Waals surface area contributed by atoms with E-state index in [-0.39, 0.29) is 5.69 Å². The number of nitrogens with zero attached hydrogens (tertiary/aromatic N) is 1. The third kappa shape index (κ3) is 2.46. The maximum Gasteiger partial charge on any atom is 0.356 e. The molecule has 1 N–H and O–H groups in total. The van der Waals surface area contributed by atoms with Crippen LogP contribution in [0, 0.1) is 20.8 Å². The smallest absolute Gasteiger partial charge is 0.356 e. The molecule has 0 aliphatic carbocycles. The lowest BCUT2D eigenvalue weighted by Crippen LogP contribution is -2.00. The van der Waals surface area contributed by atoms with Crippen LogP contribution in [0.4, 0.5) is 0 Å². The number of rotatable bonds is 3. The second-order valence-corrected chi connectivity index (χ2v) is 5.56. The molecule has 0 atom stereocenters. The van der Waals surface area contributed by atoms with Crippen molar-refractivity contribution < 1.29 is 14.6 Å². The van der Waals surface area contributed by atoms with E-state index in [1.165, 1.54) is 11.3 Å². The summed E-state index contributed by atoms with van der Waals surface area (Å²) in [6.45, 7) is 5.69. The molecule has 0 aliphatic heterocycles. The number of methoxy groups -OCH3 is 1. The predicted molar refractivity (Wildman–Crippen MR) is 75.3 cm³/mol. The van der Waals surface area contributed by atoms with Crippen LogP contribution in [0.25, 0.3) is 10.4 Å². The van der Waals surface area contributed by atoms with Crippen molar-refractivity contribution in [3.63, 3.8) is 0 Å². The van der Waals surface area contributed by atoms with Gasteiger partial charge in [0.15, 0.2) is 5.69 Å². The first kappa shape index (κ1) is 13.5. The topological polar surface area (TPSA) is 59.4 Å². The summed E-state index contributed by atoms with van der Waals surface area (Å²) in [6.07, 6.45) is 0. The zero-order chi connectivity index (χ0) is 14.2. The highest BCUT2D eigenvalue weighted by Crippen LogP contribution is 2.35. The van der Waals surface area contributed by atoms with Crippen LogP contribution in [0.3, 0.4) is 0 Å². The summed E-state index contributed by atoms with van der Waals surface area (Å²) in [5.74, 6) is -0.188. The van der Waals surface area contributed by atoms with E-state index in [9.17, 15) is 9.90 Å². The Kier molecular flexibility index (Phi) is 3.57. The highest BCUT2D eigenvalue weighted by molar-refractivity contribution is 7.15. The molecule has 1 aromatic carbocycles. The second-order valence-electron chi connectivity index (χ2n) is 4.35. The van der Waals surface area contributed by atoms with Crippen LogP contribution in [0.2, 0.25) is 0 Å². The van der Waals surface area contributed by atoms with E-state index in [0.29, 0.717) is 4.88 Å². The van der Waals surface area contributed by atoms with E-state index in [2.05, 4.69) is 4.98 Å². The van der Waals surface area contributed by atoms with Gasteiger partial charge in [-0.15, -0.1) is 11.3 Å². The van der Waals surface area contributed by atoms with E-state index in [4.69, 9.17) is 4.74 Å². The SMILES string of the molecule is COc1cc(C)c(-c2sc(C)nc2C(=O)O)cc1C. The molecule has 0 bridgehead atoms. The van der Waals surface area contributed by atoms with Gasteiger partial charge in [0, 0.05) is 0 Å². The molecule has 1 aromatic heterocycles. The van der Waals surface area contributed by atoms with Crippen LogP contribution in [0.15, 0.2) is 12.1 Å². The maximum atomic E-state index is 11.2. The van der Waals surface area contributed by atoms with Crippen molar-refractivity contribution in [2.45, 2.75) is 20.8 Å². The summed E-state index contributed by atoms with van der Waals surface area (Å²) in [6, 6.07) is 3.87. The molecular weight excluding hydrogens is 262 g/mol. The van der Waals surface area contributed by atoms with Crippen molar-refractivity contribution in [3.05, 3.63) is 34.0 Å². The fourth-order valence-corrected chi connectivity index (χ4v) is 3.00. The third-order valence-corrected chi connectivity index (χ3v) is 3.93. The molecule has 0 aliphatic rings. The molecule has 19 heavy (non-hydrogen) atoms. The standard InChI is InChI=1S/C14H15NO3S/c1-7-6-11(18-4)8(2)5-10(7)13-12(14(16)17)15-9(3)19-13/h5-6H,1-4H3,(H,16,17). The summed E-state index contributed by atoms with van der Waals surface area (Å²) in [4.78, 5) is 16.0. The molecule has 0 unspecified atom stereocenters. The minimum absolute atomic E-state index is 0.121. The number of hydrogen-bond donors (Lipinski definition) is 1. The monoisotopic (exact) mass is 277 g/mol. The Labute approximate surface area is 115 Å². The fourth-order valence-electron chi connectivity index (χ4n) is 2.01. The van der Waals surface area contributed by atoms with E-state index >= 15 is 0 Å². The van der Waals surface area contributed by atoms with Crippen molar-refractivity contribution >= 4 is 17.3 Å². The van der Waals surface area contributed by atoms with Gasteiger partial charge in [0.2, 0.25) is 0 Å². The summed E-state index contributed by atoms with van der Waals surface area (Å²) in [7, 11) is 1.63. The van der Waals surface area contributed by atoms with Crippen molar-refractivity contribution in [3.8, 4) is 16.2 Å². The largest absolute Gasteiger partial charge is 0.496 e. The predicted octanol–water partition coefficient (Wildman–Crippen LogP) is 3.44. The van der Waals surface area contributed by atoms with Gasteiger partial charge in [-0.05, 0) is 49.6 Å². The Balaban J connectivity index is 2.65. The number of ether oxygens (including phenoxy) is 1. The Hall–Kier alpha value is -1.88. The number of benzene rings is 1. The molecule has 4 nitrogen and oxygen atoms in total. The van der Waals surface area contributed by atoms with Gasteiger partial charge in [-0.1, -0.05) is 0 Å². The first-order valence-electron chi connectivity index (χ1n) is 5.80. The highest BCUT2D eigenvalue weighted by atomic mass is 32.1. The minimum atomic E-state index is -0.993. The summed E-state index contributed by atoms with van der Waals surface area (Å²) in [5, 5.41) is 9.97. The van der Waals surface area contributed by atoms with E-state index in [1.807, 2.05) is 32.9 Å². The number of thiazole rings is 1.